The first-order valence-corrected chi connectivity index (χ1v) is 7.21. The van der Waals surface area contributed by atoms with Crippen molar-refractivity contribution in [2.75, 3.05) is 4.72 Å². The summed E-state index contributed by atoms with van der Waals surface area (Å²) in [4.78, 5) is 3.91. The Hall–Kier alpha value is -1.99. The molecule has 0 aliphatic heterocycles. The molecular formula is C12H11N3O2S2. The lowest BCUT2D eigenvalue weighted by molar-refractivity contribution is 0.601. The molecule has 0 aliphatic rings. The van der Waals surface area contributed by atoms with Crippen molar-refractivity contribution in [3.05, 3.63) is 54.4 Å². The van der Waals surface area contributed by atoms with Crippen LogP contribution in [0.15, 0.2) is 53.7 Å². The molecule has 2 rings (SSSR count). The molecular weight excluding hydrogens is 282 g/mol. The number of nitrogens with two attached hydrogens (primary N) is 1. The van der Waals surface area contributed by atoms with Crippen LogP contribution in [0.1, 0.15) is 5.56 Å². The summed E-state index contributed by atoms with van der Waals surface area (Å²) in [6.07, 6.45) is 2.99. The third-order valence-electron chi connectivity index (χ3n) is 2.37. The van der Waals surface area contributed by atoms with E-state index in [-0.39, 0.29) is 9.88 Å². The van der Waals surface area contributed by atoms with E-state index in [1.807, 2.05) is 0 Å². The summed E-state index contributed by atoms with van der Waals surface area (Å²) in [5, 5.41) is 0. The lowest BCUT2D eigenvalue weighted by Gasteiger charge is -2.11. The van der Waals surface area contributed by atoms with Gasteiger partial charge in [-0.2, -0.15) is 0 Å². The molecule has 0 bridgehead atoms. The van der Waals surface area contributed by atoms with E-state index in [4.69, 9.17) is 18.0 Å². The van der Waals surface area contributed by atoms with Gasteiger partial charge in [-0.15, -0.1) is 0 Å². The Labute approximate surface area is 116 Å². The van der Waals surface area contributed by atoms with Crippen LogP contribution in [0.4, 0.5) is 5.69 Å². The van der Waals surface area contributed by atoms with Crippen molar-refractivity contribution in [1.82, 2.24) is 4.98 Å². The van der Waals surface area contributed by atoms with E-state index in [1.54, 1.807) is 30.3 Å². The van der Waals surface area contributed by atoms with Crippen LogP contribution in [0.25, 0.3) is 0 Å². The molecule has 19 heavy (non-hydrogen) atoms. The second kappa shape index (κ2) is 5.33. The van der Waals surface area contributed by atoms with Crippen molar-refractivity contribution < 1.29 is 8.42 Å². The molecule has 1 heterocycles. The van der Waals surface area contributed by atoms with Gasteiger partial charge in [0, 0.05) is 18.0 Å². The highest BCUT2D eigenvalue weighted by Crippen LogP contribution is 2.19. The molecule has 0 radical (unpaired) electrons. The Balaban J connectivity index is 2.43. The molecule has 0 fully saturated rings. The van der Waals surface area contributed by atoms with Crippen molar-refractivity contribution in [1.29, 1.82) is 0 Å². The molecule has 7 heteroatoms. The molecule has 1 aromatic heterocycles. The van der Waals surface area contributed by atoms with Crippen LogP contribution in [0.2, 0.25) is 0 Å². The minimum absolute atomic E-state index is 0.0377. The summed E-state index contributed by atoms with van der Waals surface area (Å²) in [7, 11) is -3.73. The van der Waals surface area contributed by atoms with Gasteiger partial charge >= 0.3 is 0 Å². The maximum atomic E-state index is 12.3. The summed E-state index contributed by atoms with van der Waals surface area (Å²) in [5.74, 6) is 0. The third-order valence-corrected chi connectivity index (χ3v) is 4.03. The highest BCUT2D eigenvalue weighted by atomic mass is 32.2. The summed E-state index contributed by atoms with van der Waals surface area (Å²) in [5.41, 5.74) is 6.28. The van der Waals surface area contributed by atoms with Gasteiger partial charge in [-0.25, -0.2) is 8.42 Å². The Morgan fingerprint density at radius 2 is 1.79 bits per heavy atom. The maximum Gasteiger partial charge on any atom is 0.262 e. The van der Waals surface area contributed by atoms with E-state index in [9.17, 15) is 8.42 Å². The number of rotatable bonds is 4. The van der Waals surface area contributed by atoms with Crippen molar-refractivity contribution in [2.24, 2.45) is 5.73 Å². The minimum Gasteiger partial charge on any atom is -0.389 e. The molecule has 0 aliphatic carbocycles. The third kappa shape index (κ3) is 3.07. The molecule has 0 atom stereocenters. The second-order valence-corrected chi connectivity index (χ2v) is 5.79. The van der Waals surface area contributed by atoms with E-state index < -0.39 is 10.0 Å². The van der Waals surface area contributed by atoms with Gasteiger partial charge in [0.25, 0.3) is 10.0 Å². The quantitative estimate of drug-likeness (QED) is 0.835. The van der Waals surface area contributed by atoms with E-state index in [0.29, 0.717) is 11.3 Å². The number of thiocarbonyl (C=S) groups is 1. The van der Waals surface area contributed by atoms with Gasteiger partial charge in [0.05, 0.1) is 10.6 Å². The van der Waals surface area contributed by atoms with Crippen LogP contribution in [0, 0.1) is 0 Å². The van der Waals surface area contributed by atoms with Crippen LogP contribution in [-0.2, 0) is 10.0 Å². The molecule has 3 N–H and O–H groups in total. The molecule has 5 nitrogen and oxygen atoms in total. The summed E-state index contributed by atoms with van der Waals surface area (Å²) >= 11 is 4.86. The van der Waals surface area contributed by atoms with Crippen molar-refractivity contribution in [3.8, 4) is 0 Å². The summed E-state index contributed by atoms with van der Waals surface area (Å²) in [6.45, 7) is 0. The van der Waals surface area contributed by atoms with E-state index in [1.165, 1.54) is 18.5 Å². The number of hydrogen-bond donors (Lipinski definition) is 2. The number of hydrogen-bond acceptors (Lipinski definition) is 4. The number of sulfonamides is 1. The minimum atomic E-state index is -3.73. The SMILES string of the molecule is NC(=S)c1ccccc1S(=O)(=O)Nc1ccncc1. The predicted molar refractivity (Wildman–Crippen MR) is 77.4 cm³/mol. The molecule has 0 saturated heterocycles. The lowest BCUT2D eigenvalue weighted by atomic mass is 10.2. The molecule has 0 amide bonds. The Morgan fingerprint density at radius 3 is 2.42 bits per heavy atom. The van der Waals surface area contributed by atoms with Gasteiger partial charge < -0.3 is 5.73 Å². The van der Waals surface area contributed by atoms with Crippen LogP contribution < -0.4 is 10.5 Å². The van der Waals surface area contributed by atoms with E-state index in [2.05, 4.69) is 9.71 Å². The number of pyridine rings is 1. The van der Waals surface area contributed by atoms with Crippen molar-refractivity contribution in [2.45, 2.75) is 4.90 Å². The number of aromatic nitrogens is 1. The zero-order chi connectivity index (χ0) is 13.9. The van der Waals surface area contributed by atoms with Crippen molar-refractivity contribution in [3.63, 3.8) is 0 Å². The van der Waals surface area contributed by atoms with Gasteiger partial charge in [-0.1, -0.05) is 30.4 Å². The lowest BCUT2D eigenvalue weighted by Crippen LogP contribution is -2.19. The van der Waals surface area contributed by atoms with Crippen LogP contribution in [-0.4, -0.2) is 18.4 Å². The monoisotopic (exact) mass is 293 g/mol. The Morgan fingerprint density at radius 1 is 1.16 bits per heavy atom. The fraction of sp³-hybridized carbons (Fsp3) is 0. The zero-order valence-corrected chi connectivity index (χ0v) is 11.4. The molecule has 0 spiro atoms. The zero-order valence-electron chi connectivity index (χ0n) is 9.78. The fourth-order valence-corrected chi connectivity index (χ4v) is 3.06. The summed E-state index contributed by atoms with van der Waals surface area (Å²) in [6, 6.07) is 9.44. The van der Waals surface area contributed by atoms with Gasteiger partial charge in [0.15, 0.2) is 0 Å². The Kier molecular flexibility index (Phi) is 3.77. The standard InChI is InChI=1S/C12H11N3O2S2/c13-12(18)10-3-1-2-4-11(10)19(16,17)15-9-5-7-14-8-6-9/h1-8H,(H2,13,18)(H,14,15). The van der Waals surface area contributed by atoms with E-state index >= 15 is 0 Å². The van der Waals surface area contributed by atoms with Gasteiger partial charge in [0.2, 0.25) is 0 Å². The van der Waals surface area contributed by atoms with Gasteiger partial charge in [-0.05, 0) is 18.2 Å². The number of nitrogens with one attached hydrogen (secondary N) is 1. The smallest absolute Gasteiger partial charge is 0.262 e. The second-order valence-electron chi connectivity index (χ2n) is 3.70. The first-order chi connectivity index (χ1) is 9.00. The fourth-order valence-electron chi connectivity index (χ4n) is 1.53. The highest BCUT2D eigenvalue weighted by Gasteiger charge is 2.19. The molecule has 98 valence electrons. The van der Waals surface area contributed by atoms with Crippen LogP contribution in [0.5, 0.6) is 0 Å². The van der Waals surface area contributed by atoms with Gasteiger partial charge in [0.1, 0.15) is 4.99 Å². The van der Waals surface area contributed by atoms with E-state index in [0.717, 1.165) is 0 Å². The largest absolute Gasteiger partial charge is 0.389 e. The molecule has 2 aromatic rings. The molecule has 1 aromatic carbocycles. The first-order valence-electron chi connectivity index (χ1n) is 5.32. The number of benzene rings is 1. The highest BCUT2D eigenvalue weighted by molar-refractivity contribution is 7.93. The van der Waals surface area contributed by atoms with Crippen LogP contribution >= 0.6 is 12.2 Å². The average Bonchev–Trinajstić information content (AvgIpc) is 2.39. The number of nitrogens with zero attached hydrogens (tertiary/aromatic N) is 1. The normalized spacial score (nSPS) is 10.9. The van der Waals surface area contributed by atoms with Crippen LogP contribution in [0.3, 0.4) is 0 Å². The average molecular weight is 293 g/mol. The van der Waals surface area contributed by atoms with Gasteiger partial charge in [-0.3, -0.25) is 9.71 Å². The molecule has 0 unspecified atom stereocenters. The Bertz CT molecular complexity index is 700. The topological polar surface area (TPSA) is 85.1 Å². The molecule has 0 saturated carbocycles. The van der Waals surface area contributed by atoms with Crippen molar-refractivity contribution >= 4 is 32.9 Å². The first kappa shape index (κ1) is 13.4. The summed E-state index contributed by atoms with van der Waals surface area (Å²) < 4.78 is 27.0. The number of anilines is 1. The predicted octanol–water partition coefficient (Wildman–Crippen LogP) is 1.52. The maximum absolute atomic E-state index is 12.3.